The Hall–Kier alpha value is -3.42. The van der Waals surface area contributed by atoms with Gasteiger partial charge in [0, 0.05) is 42.5 Å². The van der Waals surface area contributed by atoms with Crippen molar-refractivity contribution in [1.82, 2.24) is 25.2 Å². The lowest BCUT2D eigenvalue weighted by molar-refractivity contribution is -0.131. The van der Waals surface area contributed by atoms with E-state index in [1.54, 1.807) is 6.20 Å². The maximum Gasteiger partial charge on any atom is 0.251 e. The maximum absolute atomic E-state index is 12.8. The Morgan fingerprint density at radius 1 is 1.23 bits per heavy atom. The number of hydrogen-bond acceptors (Lipinski definition) is 5. The van der Waals surface area contributed by atoms with Crippen LogP contribution in [0.2, 0.25) is 0 Å². The van der Waals surface area contributed by atoms with E-state index in [2.05, 4.69) is 15.6 Å². The molecule has 0 radical (unpaired) electrons. The first-order valence-corrected chi connectivity index (χ1v) is 10.6. The van der Waals surface area contributed by atoms with Crippen molar-refractivity contribution in [1.29, 1.82) is 0 Å². The van der Waals surface area contributed by atoms with Crippen molar-refractivity contribution in [3.05, 3.63) is 70.9 Å². The van der Waals surface area contributed by atoms with Crippen molar-refractivity contribution < 1.29 is 14.1 Å². The summed E-state index contributed by atoms with van der Waals surface area (Å²) in [6.45, 7) is 5.45. The minimum absolute atomic E-state index is 0.0408. The molecule has 1 aliphatic heterocycles. The first kappa shape index (κ1) is 20.8. The van der Waals surface area contributed by atoms with Crippen molar-refractivity contribution in [2.75, 3.05) is 6.54 Å². The van der Waals surface area contributed by atoms with Crippen molar-refractivity contribution in [3.63, 3.8) is 0 Å². The fraction of sp³-hybridized carbons (Fsp3) is 0.391. The maximum atomic E-state index is 12.8. The zero-order valence-corrected chi connectivity index (χ0v) is 17.9. The predicted molar refractivity (Wildman–Crippen MR) is 114 cm³/mol. The molecule has 162 valence electrons. The lowest BCUT2D eigenvalue weighted by Crippen LogP contribution is -2.36. The van der Waals surface area contributed by atoms with Gasteiger partial charge in [0.25, 0.3) is 5.91 Å². The molecular weight excluding hydrogens is 394 g/mol. The van der Waals surface area contributed by atoms with Gasteiger partial charge in [-0.2, -0.15) is 5.10 Å². The van der Waals surface area contributed by atoms with Crippen molar-refractivity contribution >= 4 is 11.8 Å². The number of nitrogens with one attached hydrogen (secondary N) is 1. The van der Waals surface area contributed by atoms with Crippen LogP contribution in [0.4, 0.5) is 0 Å². The van der Waals surface area contributed by atoms with Crippen LogP contribution < -0.4 is 5.32 Å². The summed E-state index contributed by atoms with van der Waals surface area (Å²) < 4.78 is 7.04. The molecule has 1 fully saturated rings. The average molecular weight is 422 g/mol. The molecular formula is C23H27N5O3. The minimum Gasteiger partial charge on any atom is -0.361 e. The molecule has 1 N–H and O–H groups in total. The normalized spacial score (nSPS) is 16.9. The number of aryl methyl sites for hydroxylation is 2. The topological polar surface area (TPSA) is 93.3 Å². The molecule has 8 heteroatoms. The molecule has 0 bridgehead atoms. The summed E-state index contributed by atoms with van der Waals surface area (Å²) >= 11 is 0. The first-order valence-electron chi connectivity index (χ1n) is 10.6. The van der Waals surface area contributed by atoms with E-state index in [1.807, 2.05) is 60.0 Å². The van der Waals surface area contributed by atoms with Crippen molar-refractivity contribution in [2.45, 2.75) is 52.2 Å². The Kier molecular flexibility index (Phi) is 6.16. The van der Waals surface area contributed by atoms with Crippen LogP contribution in [0.5, 0.6) is 0 Å². The van der Waals surface area contributed by atoms with E-state index >= 15 is 0 Å². The third-order valence-electron chi connectivity index (χ3n) is 5.77. The van der Waals surface area contributed by atoms with Crippen LogP contribution in [0.25, 0.3) is 0 Å². The molecule has 4 rings (SSSR count). The molecule has 1 aliphatic rings. The molecule has 3 aromatic rings. The first-order chi connectivity index (χ1) is 15.0. The summed E-state index contributed by atoms with van der Waals surface area (Å²) in [6, 6.07) is 9.40. The lowest BCUT2D eigenvalue weighted by atomic mass is 10.1. The molecule has 0 aliphatic carbocycles. The lowest BCUT2D eigenvalue weighted by Gasteiger charge is -2.21. The molecule has 0 saturated carbocycles. The van der Waals surface area contributed by atoms with Crippen LogP contribution in [0.15, 0.2) is 47.2 Å². The van der Waals surface area contributed by atoms with E-state index in [0.717, 1.165) is 22.6 Å². The van der Waals surface area contributed by atoms with Gasteiger partial charge in [-0.15, -0.1) is 0 Å². The second-order valence-electron chi connectivity index (χ2n) is 8.02. The molecule has 3 heterocycles. The average Bonchev–Trinajstić information content (AvgIpc) is 3.34. The number of aromatic nitrogens is 3. The number of carbonyl (C=O) groups is 2. The second-order valence-corrected chi connectivity index (χ2v) is 8.02. The Morgan fingerprint density at radius 3 is 2.84 bits per heavy atom. The monoisotopic (exact) mass is 421 g/mol. The summed E-state index contributed by atoms with van der Waals surface area (Å²) in [6.07, 6.45) is 5.39. The van der Waals surface area contributed by atoms with E-state index in [4.69, 9.17) is 4.52 Å². The standard InChI is InChI=1S/C23H27N5O3/c1-16-21(17(2)31-26-16)15-27-12-9-20(7-8-22(27)29)25-23(30)19-6-3-5-18(13-19)14-28-11-4-10-24-28/h3-6,10-11,13,20H,7-9,12,14-15H2,1-2H3,(H,25,30). The molecule has 8 nitrogen and oxygen atoms in total. The number of hydrogen-bond donors (Lipinski definition) is 1. The highest BCUT2D eigenvalue weighted by molar-refractivity contribution is 5.94. The molecule has 2 amide bonds. The summed E-state index contributed by atoms with van der Waals surface area (Å²) in [5.74, 6) is 0.728. The fourth-order valence-electron chi connectivity index (χ4n) is 3.93. The number of benzene rings is 1. The second kappa shape index (κ2) is 9.16. The zero-order chi connectivity index (χ0) is 21.8. The van der Waals surface area contributed by atoms with Gasteiger partial charge in [-0.3, -0.25) is 14.3 Å². The van der Waals surface area contributed by atoms with Crippen LogP contribution in [0.3, 0.4) is 0 Å². The van der Waals surface area contributed by atoms with E-state index in [9.17, 15) is 9.59 Å². The Morgan fingerprint density at radius 2 is 2.10 bits per heavy atom. The summed E-state index contributed by atoms with van der Waals surface area (Å²) in [7, 11) is 0. The number of rotatable bonds is 6. The predicted octanol–water partition coefficient (Wildman–Crippen LogP) is 2.85. The fourth-order valence-corrected chi connectivity index (χ4v) is 3.93. The van der Waals surface area contributed by atoms with Gasteiger partial charge in [-0.25, -0.2) is 0 Å². The van der Waals surface area contributed by atoms with Gasteiger partial charge in [0.15, 0.2) is 0 Å². The highest BCUT2D eigenvalue weighted by Gasteiger charge is 2.25. The van der Waals surface area contributed by atoms with Crippen molar-refractivity contribution in [2.24, 2.45) is 0 Å². The van der Waals surface area contributed by atoms with Gasteiger partial charge in [0.05, 0.1) is 18.8 Å². The number of amides is 2. The molecule has 2 aromatic heterocycles. The van der Waals surface area contributed by atoms with Crippen LogP contribution in [-0.4, -0.2) is 44.2 Å². The van der Waals surface area contributed by atoms with Gasteiger partial charge in [-0.1, -0.05) is 17.3 Å². The summed E-state index contributed by atoms with van der Waals surface area (Å²) in [4.78, 5) is 27.3. The SMILES string of the molecule is Cc1noc(C)c1CN1CCC(NC(=O)c2cccc(Cn3cccn3)c2)CCC1=O. The highest BCUT2D eigenvalue weighted by atomic mass is 16.5. The van der Waals surface area contributed by atoms with E-state index < -0.39 is 0 Å². The zero-order valence-electron chi connectivity index (χ0n) is 17.9. The Bertz CT molecular complexity index is 1040. The van der Waals surface area contributed by atoms with Crippen LogP contribution >= 0.6 is 0 Å². The third-order valence-corrected chi connectivity index (χ3v) is 5.77. The van der Waals surface area contributed by atoms with Gasteiger partial charge < -0.3 is 14.7 Å². The van der Waals surface area contributed by atoms with Crippen LogP contribution in [0, 0.1) is 13.8 Å². The molecule has 31 heavy (non-hydrogen) atoms. The smallest absolute Gasteiger partial charge is 0.251 e. The van der Waals surface area contributed by atoms with Gasteiger partial charge >= 0.3 is 0 Å². The largest absolute Gasteiger partial charge is 0.361 e. The minimum atomic E-state index is -0.112. The third kappa shape index (κ3) is 5.02. The van der Waals surface area contributed by atoms with Crippen LogP contribution in [0.1, 0.15) is 52.2 Å². The number of nitrogens with zero attached hydrogens (tertiary/aromatic N) is 4. The quantitative estimate of drug-likeness (QED) is 0.661. The Labute approximate surface area is 181 Å². The molecule has 0 spiro atoms. The molecule has 1 saturated heterocycles. The number of carbonyl (C=O) groups excluding carboxylic acids is 2. The molecule has 1 atom stereocenters. The van der Waals surface area contributed by atoms with Gasteiger partial charge in [-0.05, 0) is 50.5 Å². The van der Waals surface area contributed by atoms with Crippen molar-refractivity contribution in [3.8, 4) is 0 Å². The Balaban J connectivity index is 1.36. The summed E-state index contributed by atoms with van der Waals surface area (Å²) in [5, 5.41) is 11.3. The molecule has 1 aromatic carbocycles. The molecule has 1 unspecified atom stereocenters. The van der Waals surface area contributed by atoms with Crippen LogP contribution in [-0.2, 0) is 17.9 Å². The highest BCUT2D eigenvalue weighted by Crippen LogP contribution is 2.20. The van der Waals surface area contributed by atoms with E-state index in [-0.39, 0.29) is 17.9 Å². The van der Waals surface area contributed by atoms with E-state index in [1.165, 1.54) is 0 Å². The van der Waals surface area contributed by atoms with Gasteiger partial charge in [0.2, 0.25) is 5.91 Å². The summed E-state index contributed by atoms with van der Waals surface area (Å²) in [5.41, 5.74) is 3.41. The van der Waals surface area contributed by atoms with Gasteiger partial charge in [0.1, 0.15) is 5.76 Å². The number of likely N-dealkylation sites (tertiary alicyclic amines) is 1. The van der Waals surface area contributed by atoms with E-state index in [0.29, 0.717) is 44.5 Å².